The Morgan fingerprint density at radius 3 is 3.05 bits per heavy atom. The van der Waals surface area contributed by atoms with Crippen molar-refractivity contribution in [3.8, 4) is 0 Å². The Kier molecular flexibility index (Phi) is 4.42. The lowest BCUT2D eigenvalue weighted by Crippen LogP contribution is -2.53. The van der Waals surface area contributed by atoms with Crippen molar-refractivity contribution in [3.05, 3.63) is 16.1 Å². The first-order valence-corrected chi connectivity index (χ1v) is 7.42. The number of aromatic nitrogens is 1. The van der Waals surface area contributed by atoms with E-state index in [-0.39, 0.29) is 11.6 Å². The minimum atomic E-state index is -0.248. The van der Waals surface area contributed by atoms with Crippen molar-refractivity contribution in [2.45, 2.75) is 32.8 Å². The summed E-state index contributed by atoms with van der Waals surface area (Å²) in [5, 5.41) is 6.04. The van der Waals surface area contributed by atoms with Crippen LogP contribution in [0.2, 0.25) is 0 Å². The molecule has 0 radical (unpaired) electrons. The molecule has 106 valence electrons. The lowest BCUT2D eigenvalue weighted by atomic mass is 10.1. The van der Waals surface area contributed by atoms with Crippen LogP contribution in [-0.2, 0) is 11.2 Å². The van der Waals surface area contributed by atoms with E-state index < -0.39 is 0 Å². The lowest BCUT2D eigenvalue weighted by Gasteiger charge is -2.38. The van der Waals surface area contributed by atoms with E-state index in [9.17, 15) is 4.79 Å². The maximum Gasteiger partial charge on any atom is 0.317 e. The summed E-state index contributed by atoms with van der Waals surface area (Å²) in [6.07, 6.45) is 0.790. The normalized spacial score (nSPS) is 18.4. The molecule has 1 aromatic heterocycles. The van der Waals surface area contributed by atoms with Gasteiger partial charge in [0.2, 0.25) is 0 Å². The molecule has 1 fully saturated rings. The first-order valence-electron chi connectivity index (χ1n) is 6.54. The molecule has 1 aliphatic heterocycles. The number of thiazole rings is 1. The standard InChI is InChI=1S/C13H21N3O2S/c1-10-8-19-11(15-10)4-5-14-12(17)16-6-7-18-13(2,3)9-16/h8H,4-7,9H2,1-3H3,(H,14,17). The van der Waals surface area contributed by atoms with Crippen molar-refractivity contribution in [2.24, 2.45) is 0 Å². The third-order valence-electron chi connectivity index (χ3n) is 2.99. The smallest absolute Gasteiger partial charge is 0.317 e. The van der Waals surface area contributed by atoms with Gasteiger partial charge < -0.3 is 15.0 Å². The molecule has 0 aliphatic carbocycles. The minimum absolute atomic E-state index is 0.00958. The second kappa shape index (κ2) is 5.88. The second-order valence-corrected chi connectivity index (χ2v) is 6.34. The van der Waals surface area contributed by atoms with Crippen LogP contribution < -0.4 is 5.32 Å². The number of amides is 2. The Morgan fingerprint density at radius 1 is 1.63 bits per heavy atom. The van der Waals surface area contributed by atoms with Crippen LogP contribution in [0.15, 0.2) is 5.38 Å². The highest BCUT2D eigenvalue weighted by Gasteiger charge is 2.29. The van der Waals surface area contributed by atoms with Gasteiger partial charge in [-0.1, -0.05) is 0 Å². The van der Waals surface area contributed by atoms with Crippen LogP contribution in [0.3, 0.4) is 0 Å². The molecule has 19 heavy (non-hydrogen) atoms. The fourth-order valence-corrected chi connectivity index (χ4v) is 2.87. The fourth-order valence-electron chi connectivity index (χ4n) is 2.10. The monoisotopic (exact) mass is 283 g/mol. The molecular formula is C13H21N3O2S. The number of hydrogen-bond donors (Lipinski definition) is 1. The topological polar surface area (TPSA) is 54.5 Å². The molecule has 1 aliphatic rings. The van der Waals surface area contributed by atoms with Gasteiger partial charge in [0.05, 0.1) is 23.8 Å². The summed E-state index contributed by atoms with van der Waals surface area (Å²) in [6, 6.07) is -0.00958. The number of nitrogens with zero attached hydrogens (tertiary/aromatic N) is 2. The SMILES string of the molecule is Cc1csc(CCNC(=O)N2CCOC(C)(C)C2)n1. The van der Waals surface area contributed by atoms with Crippen LogP contribution in [0.25, 0.3) is 0 Å². The Balaban J connectivity index is 1.75. The summed E-state index contributed by atoms with van der Waals surface area (Å²) in [7, 11) is 0. The van der Waals surface area contributed by atoms with E-state index in [1.54, 1.807) is 11.3 Å². The van der Waals surface area contributed by atoms with Crippen LogP contribution in [0.1, 0.15) is 24.5 Å². The first-order chi connectivity index (χ1) is 8.96. The second-order valence-electron chi connectivity index (χ2n) is 5.39. The molecule has 0 spiro atoms. The van der Waals surface area contributed by atoms with Gasteiger partial charge in [0, 0.05) is 30.6 Å². The Hall–Kier alpha value is -1.14. The van der Waals surface area contributed by atoms with E-state index in [0.29, 0.717) is 26.2 Å². The Bertz CT molecular complexity index is 445. The van der Waals surface area contributed by atoms with Gasteiger partial charge in [-0.3, -0.25) is 0 Å². The highest BCUT2D eigenvalue weighted by Crippen LogP contribution is 2.16. The highest BCUT2D eigenvalue weighted by atomic mass is 32.1. The van der Waals surface area contributed by atoms with E-state index in [4.69, 9.17) is 4.74 Å². The summed E-state index contributed by atoms with van der Waals surface area (Å²) in [4.78, 5) is 18.2. The zero-order valence-electron chi connectivity index (χ0n) is 11.7. The van der Waals surface area contributed by atoms with E-state index >= 15 is 0 Å². The third-order valence-corrected chi connectivity index (χ3v) is 4.02. The molecule has 6 heteroatoms. The van der Waals surface area contributed by atoms with Crippen molar-refractivity contribution in [2.75, 3.05) is 26.2 Å². The zero-order chi connectivity index (χ0) is 13.9. The summed E-state index contributed by atoms with van der Waals surface area (Å²) >= 11 is 1.64. The molecule has 5 nitrogen and oxygen atoms in total. The largest absolute Gasteiger partial charge is 0.372 e. The molecule has 2 heterocycles. The maximum absolute atomic E-state index is 12.0. The maximum atomic E-state index is 12.0. The molecule has 0 unspecified atom stereocenters. The van der Waals surface area contributed by atoms with Gasteiger partial charge in [0.1, 0.15) is 0 Å². The van der Waals surface area contributed by atoms with Gasteiger partial charge in [-0.25, -0.2) is 9.78 Å². The predicted molar refractivity (Wildman–Crippen MR) is 75.6 cm³/mol. The Labute approximate surface area is 118 Å². The van der Waals surface area contributed by atoms with Crippen molar-refractivity contribution in [1.29, 1.82) is 0 Å². The van der Waals surface area contributed by atoms with Crippen molar-refractivity contribution < 1.29 is 9.53 Å². The first kappa shape index (κ1) is 14.3. The van der Waals surface area contributed by atoms with E-state index in [0.717, 1.165) is 17.1 Å². The number of nitrogens with one attached hydrogen (secondary N) is 1. The van der Waals surface area contributed by atoms with Crippen molar-refractivity contribution in [3.63, 3.8) is 0 Å². The number of rotatable bonds is 3. The van der Waals surface area contributed by atoms with Gasteiger partial charge in [0.25, 0.3) is 0 Å². The number of urea groups is 1. The van der Waals surface area contributed by atoms with Crippen LogP contribution in [0, 0.1) is 6.92 Å². The van der Waals surface area contributed by atoms with Crippen LogP contribution >= 0.6 is 11.3 Å². The van der Waals surface area contributed by atoms with Gasteiger partial charge in [-0.2, -0.15) is 0 Å². The molecule has 2 rings (SSSR count). The summed E-state index contributed by atoms with van der Waals surface area (Å²) in [6.45, 7) is 8.51. The third kappa shape index (κ3) is 4.18. The zero-order valence-corrected chi connectivity index (χ0v) is 12.5. The quantitative estimate of drug-likeness (QED) is 0.920. The molecular weight excluding hydrogens is 262 g/mol. The average Bonchev–Trinajstić information content (AvgIpc) is 2.73. The fraction of sp³-hybridized carbons (Fsp3) is 0.692. The van der Waals surface area contributed by atoms with E-state index in [1.165, 1.54) is 0 Å². The van der Waals surface area contributed by atoms with Gasteiger partial charge in [-0.05, 0) is 20.8 Å². The number of morpholine rings is 1. The minimum Gasteiger partial charge on any atom is -0.372 e. The molecule has 1 saturated heterocycles. The molecule has 0 bridgehead atoms. The van der Waals surface area contributed by atoms with E-state index in [2.05, 4.69) is 10.3 Å². The molecule has 0 aromatic carbocycles. The van der Waals surface area contributed by atoms with Crippen molar-refractivity contribution in [1.82, 2.24) is 15.2 Å². The highest BCUT2D eigenvalue weighted by molar-refractivity contribution is 7.09. The van der Waals surface area contributed by atoms with E-state index in [1.807, 2.05) is 31.1 Å². The van der Waals surface area contributed by atoms with Gasteiger partial charge in [-0.15, -0.1) is 11.3 Å². The van der Waals surface area contributed by atoms with Gasteiger partial charge >= 0.3 is 6.03 Å². The average molecular weight is 283 g/mol. The number of ether oxygens (including phenoxy) is 1. The molecule has 0 atom stereocenters. The van der Waals surface area contributed by atoms with Crippen LogP contribution in [0.4, 0.5) is 4.79 Å². The summed E-state index contributed by atoms with van der Waals surface area (Å²) < 4.78 is 5.59. The molecule has 1 aromatic rings. The number of aryl methyl sites for hydroxylation is 1. The summed E-state index contributed by atoms with van der Waals surface area (Å²) in [5.74, 6) is 0. The number of carbonyl (C=O) groups excluding carboxylic acids is 1. The van der Waals surface area contributed by atoms with Crippen molar-refractivity contribution >= 4 is 17.4 Å². The predicted octanol–water partition coefficient (Wildman–Crippen LogP) is 1.81. The van der Waals surface area contributed by atoms with Crippen LogP contribution in [0.5, 0.6) is 0 Å². The van der Waals surface area contributed by atoms with Crippen LogP contribution in [-0.4, -0.2) is 47.8 Å². The number of hydrogen-bond acceptors (Lipinski definition) is 4. The lowest BCUT2D eigenvalue weighted by molar-refractivity contribution is -0.0733. The van der Waals surface area contributed by atoms with Gasteiger partial charge in [0.15, 0.2) is 0 Å². The number of carbonyl (C=O) groups is 1. The molecule has 1 N–H and O–H groups in total. The molecule has 2 amide bonds. The molecule has 0 saturated carbocycles. The Morgan fingerprint density at radius 2 is 2.42 bits per heavy atom. The summed E-state index contributed by atoms with van der Waals surface area (Å²) in [5.41, 5.74) is 0.795.